The quantitative estimate of drug-likeness (QED) is 0.837. The van der Waals surface area contributed by atoms with Crippen LogP contribution >= 0.6 is 0 Å². The van der Waals surface area contributed by atoms with E-state index in [1.54, 1.807) is 24.1 Å². The predicted octanol–water partition coefficient (Wildman–Crippen LogP) is 1.19. The first-order valence-electron chi connectivity index (χ1n) is 8.13. The van der Waals surface area contributed by atoms with Crippen LogP contribution in [0.1, 0.15) is 26.2 Å². The molecule has 24 heavy (non-hydrogen) atoms. The summed E-state index contributed by atoms with van der Waals surface area (Å²) in [5, 5.41) is 14.0. The molecule has 0 aromatic carbocycles. The smallest absolute Gasteiger partial charge is 0.219 e. The first kappa shape index (κ1) is 16.2. The van der Waals surface area contributed by atoms with Gasteiger partial charge in [-0.25, -0.2) is 14.6 Å². The fourth-order valence-electron chi connectivity index (χ4n) is 3.17. The van der Waals surface area contributed by atoms with Crippen LogP contribution in [0.15, 0.2) is 12.5 Å². The van der Waals surface area contributed by atoms with E-state index in [9.17, 15) is 4.79 Å². The van der Waals surface area contributed by atoms with Crippen LogP contribution in [0, 0.1) is 11.3 Å². The molecular weight excluding hydrogens is 306 g/mol. The number of fused-ring (bicyclic) bond motifs is 1. The summed E-state index contributed by atoms with van der Waals surface area (Å²) in [6.45, 7) is 3.83. The lowest BCUT2D eigenvalue weighted by Gasteiger charge is -2.37. The van der Waals surface area contributed by atoms with Crippen LogP contribution in [0.4, 0.5) is 5.82 Å². The Hall–Kier alpha value is -2.69. The van der Waals surface area contributed by atoms with Gasteiger partial charge in [0, 0.05) is 33.1 Å². The number of aryl methyl sites for hydroxylation is 1. The summed E-state index contributed by atoms with van der Waals surface area (Å²) in [5.41, 5.74) is 0.762. The number of carbonyl (C=O) groups is 1. The first-order chi connectivity index (χ1) is 11.6. The van der Waals surface area contributed by atoms with Crippen LogP contribution in [0.2, 0.25) is 0 Å². The Kier molecular flexibility index (Phi) is 4.60. The molecule has 8 heteroatoms. The molecule has 8 nitrogen and oxygen atoms in total. The summed E-state index contributed by atoms with van der Waals surface area (Å²) >= 11 is 0. The largest absolute Gasteiger partial charge is 0.356 e. The minimum absolute atomic E-state index is 0.108. The standard InChI is InChI=1S/C16H21N7O/c1-12(24)21(2)13-4-8-22(9-5-13)15-14-10-20-23(7-3-6-17)16(14)19-11-18-15/h10-11,13H,3-5,7-9H2,1-2H3. The number of nitriles is 1. The molecule has 3 rings (SSSR count). The Morgan fingerprint density at radius 1 is 1.42 bits per heavy atom. The molecule has 0 aliphatic carbocycles. The second-order valence-electron chi connectivity index (χ2n) is 6.06. The molecule has 0 atom stereocenters. The fourth-order valence-corrected chi connectivity index (χ4v) is 3.17. The number of carbonyl (C=O) groups excluding carboxylic acids is 1. The van der Waals surface area contributed by atoms with Crippen molar-refractivity contribution < 1.29 is 4.79 Å². The van der Waals surface area contributed by atoms with Crippen LogP contribution in [0.5, 0.6) is 0 Å². The molecular formula is C16H21N7O. The van der Waals surface area contributed by atoms with E-state index in [-0.39, 0.29) is 11.9 Å². The van der Waals surface area contributed by atoms with Gasteiger partial charge in [-0.2, -0.15) is 10.4 Å². The average molecular weight is 327 g/mol. The predicted molar refractivity (Wildman–Crippen MR) is 89.2 cm³/mol. The summed E-state index contributed by atoms with van der Waals surface area (Å²) in [6, 6.07) is 2.41. The molecule has 0 bridgehead atoms. The van der Waals surface area contributed by atoms with E-state index in [2.05, 4.69) is 26.0 Å². The van der Waals surface area contributed by atoms with E-state index in [0.29, 0.717) is 13.0 Å². The van der Waals surface area contributed by atoms with Crippen molar-refractivity contribution in [2.75, 3.05) is 25.0 Å². The molecule has 0 unspecified atom stereocenters. The minimum atomic E-state index is 0.108. The topological polar surface area (TPSA) is 90.9 Å². The molecule has 0 spiro atoms. The van der Waals surface area contributed by atoms with Crippen LogP contribution in [-0.4, -0.2) is 56.7 Å². The molecule has 2 aromatic rings. The van der Waals surface area contributed by atoms with E-state index >= 15 is 0 Å². The van der Waals surface area contributed by atoms with Crippen LogP contribution in [0.25, 0.3) is 11.0 Å². The van der Waals surface area contributed by atoms with Gasteiger partial charge in [-0.15, -0.1) is 0 Å². The molecule has 1 fully saturated rings. The van der Waals surface area contributed by atoms with Gasteiger partial charge in [0.1, 0.15) is 12.1 Å². The van der Waals surface area contributed by atoms with Crippen LogP contribution < -0.4 is 4.90 Å². The molecule has 1 aliphatic heterocycles. The Morgan fingerprint density at radius 3 is 2.83 bits per heavy atom. The lowest BCUT2D eigenvalue weighted by atomic mass is 10.0. The Balaban J connectivity index is 1.78. The van der Waals surface area contributed by atoms with E-state index in [1.165, 1.54) is 0 Å². The number of anilines is 1. The Bertz CT molecular complexity index is 770. The first-order valence-corrected chi connectivity index (χ1v) is 8.13. The molecule has 126 valence electrons. The molecule has 3 heterocycles. The van der Waals surface area contributed by atoms with Crippen molar-refractivity contribution in [2.24, 2.45) is 0 Å². The van der Waals surface area contributed by atoms with Gasteiger partial charge in [-0.3, -0.25) is 4.79 Å². The van der Waals surface area contributed by atoms with Gasteiger partial charge >= 0.3 is 0 Å². The minimum Gasteiger partial charge on any atom is -0.356 e. The number of piperidine rings is 1. The van der Waals surface area contributed by atoms with Gasteiger partial charge < -0.3 is 9.80 Å². The van der Waals surface area contributed by atoms with Gasteiger partial charge in [0.05, 0.1) is 30.6 Å². The van der Waals surface area contributed by atoms with Crippen molar-refractivity contribution in [3.8, 4) is 6.07 Å². The van der Waals surface area contributed by atoms with Crippen molar-refractivity contribution >= 4 is 22.8 Å². The Morgan fingerprint density at radius 2 is 2.17 bits per heavy atom. The SMILES string of the molecule is CC(=O)N(C)C1CCN(c2ncnc3c2cnn3CCC#N)CC1. The van der Waals surface area contributed by atoms with Crippen molar-refractivity contribution in [1.29, 1.82) is 5.26 Å². The zero-order valence-corrected chi connectivity index (χ0v) is 14.0. The monoisotopic (exact) mass is 327 g/mol. The highest BCUT2D eigenvalue weighted by Crippen LogP contribution is 2.26. The van der Waals surface area contributed by atoms with Gasteiger partial charge in [-0.05, 0) is 12.8 Å². The molecule has 1 amide bonds. The van der Waals surface area contributed by atoms with Crippen molar-refractivity contribution in [2.45, 2.75) is 38.8 Å². The normalized spacial score (nSPS) is 15.5. The third-order valence-corrected chi connectivity index (χ3v) is 4.66. The number of hydrogen-bond acceptors (Lipinski definition) is 6. The summed E-state index contributed by atoms with van der Waals surface area (Å²) in [7, 11) is 1.87. The molecule has 0 radical (unpaired) electrons. The maximum atomic E-state index is 11.5. The third-order valence-electron chi connectivity index (χ3n) is 4.66. The molecule has 2 aromatic heterocycles. The Labute approximate surface area is 140 Å². The number of hydrogen-bond donors (Lipinski definition) is 0. The number of nitrogens with zero attached hydrogens (tertiary/aromatic N) is 7. The molecule has 1 saturated heterocycles. The molecule has 1 aliphatic rings. The zero-order valence-electron chi connectivity index (χ0n) is 14.0. The van der Waals surface area contributed by atoms with Gasteiger partial charge in [-0.1, -0.05) is 0 Å². The molecule has 0 saturated carbocycles. The van der Waals surface area contributed by atoms with E-state index in [0.717, 1.165) is 42.8 Å². The number of amides is 1. The van der Waals surface area contributed by atoms with Gasteiger partial charge in [0.25, 0.3) is 0 Å². The van der Waals surface area contributed by atoms with E-state index in [4.69, 9.17) is 5.26 Å². The maximum Gasteiger partial charge on any atom is 0.219 e. The fraction of sp³-hybridized carbons (Fsp3) is 0.562. The highest BCUT2D eigenvalue weighted by molar-refractivity contribution is 5.86. The maximum absolute atomic E-state index is 11.5. The number of aromatic nitrogens is 4. The summed E-state index contributed by atoms with van der Waals surface area (Å²) in [5.74, 6) is 0.990. The second kappa shape index (κ2) is 6.83. The van der Waals surface area contributed by atoms with Crippen molar-refractivity contribution in [1.82, 2.24) is 24.6 Å². The lowest BCUT2D eigenvalue weighted by Crippen LogP contribution is -2.45. The van der Waals surface area contributed by atoms with E-state index < -0.39 is 0 Å². The van der Waals surface area contributed by atoms with Crippen LogP contribution in [0.3, 0.4) is 0 Å². The van der Waals surface area contributed by atoms with Gasteiger partial charge in [0.2, 0.25) is 5.91 Å². The summed E-state index contributed by atoms with van der Waals surface area (Å²) in [6.07, 6.45) is 5.57. The molecule has 0 N–H and O–H groups in total. The highest BCUT2D eigenvalue weighted by atomic mass is 16.2. The van der Waals surface area contributed by atoms with Crippen molar-refractivity contribution in [3.63, 3.8) is 0 Å². The van der Waals surface area contributed by atoms with Crippen LogP contribution in [-0.2, 0) is 11.3 Å². The number of rotatable bonds is 4. The van der Waals surface area contributed by atoms with E-state index in [1.807, 2.05) is 11.9 Å². The lowest BCUT2D eigenvalue weighted by molar-refractivity contribution is -0.129. The zero-order chi connectivity index (χ0) is 17.1. The second-order valence-corrected chi connectivity index (χ2v) is 6.06. The van der Waals surface area contributed by atoms with Gasteiger partial charge in [0.15, 0.2) is 5.65 Å². The summed E-state index contributed by atoms with van der Waals surface area (Å²) < 4.78 is 1.75. The highest BCUT2D eigenvalue weighted by Gasteiger charge is 2.25. The third kappa shape index (κ3) is 3.02. The summed E-state index contributed by atoms with van der Waals surface area (Å²) in [4.78, 5) is 24.3. The average Bonchev–Trinajstić information content (AvgIpc) is 3.02. The van der Waals surface area contributed by atoms with Crippen molar-refractivity contribution in [3.05, 3.63) is 12.5 Å².